The highest BCUT2D eigenvalue weighted by molar-refractivity contribution is 6.44. The van der Waals surface area contributed by atoms with Crippen molar-refractivity contribution in [3.63, 3.8) is 0 Å². The molecule has 0 aliphatic heterocycles. The normalized spacial score (nSPS) is 12.1. The number of hydrogen-bond donors (Lipinski definition) is 3. The van der Waals surface area contributed by atoms with E-state index in [-0.39, 0.29) is 16.5 Å². The summed E-state index contributed by atoms with van der Waals surface area (Å²) in [6, 6.07) is 10.9. The van der Waals surface area contributed by atoms with E-state index in [2.05, 4.69) is 5.32 Å². The van der Waals surface area contributed by atoms with Gasteiger partial charge in [0.05, 0.1) is 21.8 Å². The molecule has 5 nitrogen and oxygen atoms in total. The van der Waals surface area contributed by atoms with Crippen LogP contribution in [-0.2, 0) is 17.6 Å². The van der Waals surface area contributed by atoms with Crippen LogP contribution < -0.4 is 16.2 Å². The number of aliphatic carboxylic acids is 1. The summed E-state index contributed by atoms with van der Waals surface area (Å²) in [5, 5.41) is 24.8. The molecule has 0 saturated heterocycles. The largest absolute Gasteiger partial charge is 0.550 e. The highest BCUT2D eigenvalue weighted by Crippen LogP contribution is 2.34. The Balaban J connectivity index is 1.68. The summed E-state index contributed by atoms with van der Waals surface area (Å²) in [6.45, 7) is 1.13. The van der Waals surface area contributed by atoms with Crippen molar-refractivity contribution < 1.29 is 15.0 Å². The minimum atomic E-state index is -1.06. The van der Waals surface area contributed by atoms with Gasteiger partial charge in [-0.1, -0.05) is 60.0 Å². The van der Waals surface area contributed by atoms with Crippen LogP contribution in [0.2, 0.25) is 10.0 Å². The lowest BCUT2D eigenvalue weighted by atomic mass is 9.99. The Morgan fingerprint density at radius 1 is 1.07 bits per heavy atom. The van der Waals surface area contributed by atoms with E-state index in [0.29, 0.717) is 17.8 Å². The summed E-state index contributed by atoms with van der Waals surface area (Å²) in [6.07, 6.45) is 2.94. The molecule has 2 aromatic carbocycles. The number of carbonyl (C=O) groups excluding carboxylic acids is 1. The zero-order valence-corrected chi connectivity index (χ0v) is 17.1. The van der Waals surface area contributed by atoms with E-state index in [1.807, 2.05) is 24.3 Å². The van der Waals surface area contributed by atoms with Gasteiger partial charge in [-0.25, -0.2) is 0 Å². The van der Waals surface area contributed by atoms with Crippen molar-refractivity contribution in [3.05, 3.63) is 63.1 Å². The summed E-state index contributed by atoms with van der Waals surface area (Å²) in [4.78, 5) is 10.8. The van der Waals surface area contributed by atoms with Crippen LogP contribution in [0, 0.1) is 0 Å². The van der Waals surface area contributed by atoms with E-state index in [4.69, 9.17) is 28.9 Å². The number of rotatable bonds is 11. The molecule has 0 fully saturated rings. The number of aliphatic hydroxyl groups is 1. The number of carboxylic acids is 1. The van der Waals surface area contributed by atoms with Gasteiger partial charge in [0, 0.05) is 24.5 Å². The van der Waals surface area contributed by atoms with Crippen LogP contribution in [0.25, 0.3) is 0 Å². The van der Waals surface area contributed by atoms with Gasteiger partial charge < -0.3 is 26.1 Å². The first-order valence-electron chi connectivity index (χ1n) is 9.29. The Kier molecular flexibility index (Phi) is 9.06. The zero-order chi connectivity index (χ0) is 20.5. The summed E-state index contributed by atoms with van der Waals surface area (Å²) in [5.74, 6) is -1.06. The molecule has 0 aliphatic rings. The number of unbranched alkanes of at least 4 members (excludes halogenated alkanes) is 2. The van der Waals surface area contributed by atoms with Crippen LogP contribution in [0.5, 0.6) is 0 Å². The van der Waals surface area contributed by atoms with Crippen molar-refractivity contribution in [2.24, 2.45) is 0 Å². The summed E-state index contributed by atoms with van der Waals surface area (Å²) >= 11 is 12.1. The van der Waals surface area contributed by atoms with Crippen molar-refractivity contribution in [2.45, 2.75) is 38.2 Å². The second-order valence-corrected chi connectivity index (χ2v) is 7.48. The maximum Gasteiger partial charge on any atom is 0.0929 e. The van der Waals surface area contributed by atoms with Crippen molar-refractivity contribution in [3.8, 4) is 0 Å². The number of aliphatic hydroxyl groups excluding tert-OH is 1. The molecule has 2 aromatic rings. The van der Waals surface area contributed by atoms with Crippen LogP contribution in [0.1, 0.15) is 42.1 Å². The topological polar surface area (TPSA) is 98.4 Å². The number of carbonyl (C=O) groups is 1. The molecule has 1 unspecified atom stereocenters. The first-order chi connectivity index (χ1) is 13.4. The zero-order valence-electron chi connectivity index (χ0n) is 15.6. The third-order valence-electron chi connectivity index (χ3n) is 4.59. The number of benzene rings is 2. The maximum atomic E-state index is 10.8. The molecule has 7 heteroatoms. The lowest BCUT2D eigenvalue weighted by Crippen LogP contribution is -2.24. The smallest absolute Gasteiger partial charge is 0.0929 e. The Morgan fingerprint density at radius 3 is 2.50 bits per heavy atom. The Labute approximate surface area is 175 Å². The lowest BCUT2D eigenvalue weighted by Gasteiger charge is -2.15. The SMILES string of the molecule is Nc1ccc(C(O)CNCCCCCc2ccccc2CC(=O)[O-])c(Cl)c1Cl. The third kappa shape index (κ3) is 6.67. The monoisotopic (exact) mass is 423 g/mol. The van der Waals surface area contributed by atoms with Crippen LogP contribution in [0.3, 0.4) is 0 Å². The molecular formula is C21H25Cl2N2O3-. The second-order valence-electron chi connectivity index (χ2n) is 6.72. The molecule has 0 aromatic heterocycles. The van der Waals surface area contributed by atoms with Gasteiger partial charge in [0.15, 0.2) is 0 Å². The molecule has 0 saturated carbocycles. The predicted molar refractivity (Wildman–Crippen MR) is 111 cm³/mol. The number of aryl methyl sites for hydroxylation is 1. The second kappa shape index (κ2) is 11.3. The molecule has 0 amide bonds. The molecule has 0 aliphatic carbocycles. The molecule has 1 atom stereocenters. The minimum absolute atomic E-state index is 0.0483. The van der Waals surface area contributed by atoms with Gasteiger partial charge >= 0.3 is 0 Å². The van der Waals surface area contributed by atoms with Gasteiger partial charge in [0.25, 0.3) is 0 Å². The third-order valence-corrected chi connectivity index (χ3v) is 5.50. The molecule has 152 valence electrons. The van der Waals surface area contributed by atoms with E-state index in [0.717, 1.165) is 43.4 Å². The van der Waals surface area contributed by atoms with Crippen LogP contribution >= 0.6 is 23.2 Å². The van der Waals surface area contributed by atoms with E-state index >= 15 is 0 Å². The molecule has 2 rings (SSSR count). The lowest BCUT2D eigenvalue weighted by molar-refractivity contribution is -0.304. The van der Waals surface area contributed by atoms with Gasteiger partial charge in [-0.3, -0.25) is 0 Å². The quantitative estimate of drug-likeness (QED) is 0.381. The summed E-state index contributed by atoms with van der Waals surface area (Å²) in [5.41, 5.74) is 8.51. The van der Waals surface area contributed by atoms with Crippen molar-refractivity contribution in [1.29, 1.82) is 0 Å². The van der Waals surface area contributed by atoms with Gasteiger partial charge in [0.2, 0.25) is 0 Å². The van der Waals surface area contributed by atoms with Crippen molar-refractivity contribution in [2.75, 3.05) is 18.8 Å². The van der Waals surface area contributed by atoms with Gasteiger partial charge in [-0.2, -0.15) is 0 Å². The highest BCUT2D eigenvalue weighted by Gasteiger charge is 2.15. The highest BCUT2D eigenvalue weighted by atomic mass is 35.5. The van der Waals surface area contributed by atoms with E-state index in [9.17, 15) is 15.0 Å². The fourth-order valence-electron chi connectivity index (χ4n) is 3.06. The molecule has 0 radical (unpaired) electrons. The first kappa shape index (κ1) is 22.5. The van der Waals surface area contributed by atoms with Gasteiger partial charge in [-0.15, -0.1) is 0 Å². The number of nitrogen functional groups attached to an aromatic ring is 1. The Hall–Kier alpha value is -1.79. The molecule has 28 heavy (non-hydrogen) atoms. The van der Waals surface area contributed by atoms with Crippen molar-refractivity contribution in [1.82, 2.24) is 5.32 Å². The summed E-state index contributed by atoms with van der Waals surface area (Å²) in [7, 11) is 0. The van der Waals surface area contributed by atoms with Crippen LogP contribution in [0.4, 0.5) is 5.69 Å². The number of nitrogens with one attached hydrogen (secondary N) is 1. The van der Waals surface area contributed by atoms with Crippen LogP contribution in [-0.4, -0.2) is 24.2 Å². The fraction of sp³-hybridized carbons (Fsp3) is 0.381. The number of halogens is 2. The standard InChI is InChI=1S/C21H26Cl2N2O3/c22-20-16(9-10-17(24)21(20)23)18(26)13-25-11-5-1-2-6-14-7-3-4-8-15(14)12-19(27)28/h3-4,7-10,18,25-26H,1-2,5-6,11-13,24H2,(H,27,28)/p-1. The Bertz CT molecular complexity index is 799. The predicted octanol–water partition coefficient (Wildman–Crippen LogP) is 2.90. The van der Waals surface area contributed by atoms with Gasteiger partial charge in [-0.05, 0) is 43.0 Å². The molecule has 0 bridgehead atoms. The average molecular weight is 424 g/mol. The average Bonchev–Trinajstić information content (AvgIpc) is 2.66. The number of anilines is 1. The molecule has 0 heterocycles. The molecular weight excluding hydrogens is 399 g/mol. The number of nitrogens with two attached hydrogens (primary N) is 1. The van der Waals surface area contributed by atoms with E-state index in [1.165, 1.54) is 0 Å². The minimum Gasteiger partial charge on any atom is -0.550 e. The molecule has 4 N–H and O–H groups in total. The molecule has 0 spiro atoms. The summed E-state index contributed by atoms with van der Waals surface area (Å²) < 4.78 is 0. The maximum absolute atomic E-state index is 10.8. The van der Waals surface area contributed by atoms with Crippen LogP contribution in [0.15, 0.2) is 36.4 Å². The number of carboxylic acid groups (broad SMARTS) is 1. The fourth-order valence-corrected chi connectivity index (χ4v) is 3.53. The van der Waals surface area contributed by atoms with E-state index < -0.39 is 12.1 Å². The van der Waals surface area contributed by atoms with Gasteiger partial charge in [0.1, 0.15) is 0 Å². The first-order valence-corrected chi connectivity index (χ1v) is 10.0. The Morgan fingerprint density at radius 2 is 1.79 bits per heavy atom. The number of hydrogen-bond acceptors (Lipinski definition) is 5. The van der Waals surface area contributed by atoms with Crippen molar-refractivity contribution >= 4 is 34.9 Å². The van der Waals surface area contributed by atoms with E-state index in [1.54, 1.807) is 12.1 Å².